The van der Waals surface area contributed by atoms with E-state index in [0.717, 1.165) is 17.3 Å². The van der Waals surface area contributed by atoms with Gasteiger partial charge >= 0.3 is 6.18 Å². The number of thiazole rings is 1. The van der Waals surface area contributed by atoms with E-state index in [-0.39, 0.29) is 10.8 Å². The molecule has 0 spiro atoms. The number of benzene rings is 1. The van der Waals surface area contributed by atoms with E-state index in [1.54, 1.807) is 0 Å². The highest BCUT2D eigenvalue weighted by atomic mass is 32.1. The minimum atomic E-state index is -4.44. The zero-order chi connectivity index (χ0) is 14.3. The number of rotatable bonds is 2. The number of alkyl halides is 3. The van der Waals surface area contributed by atoms with Crippen molar-refractivity contribution in [3.05, 3.63) is 51.5 Å². The number of aromatic nitrogens is 1. The summed E-state index contributed by atoms with van der Waals surface area (Å²) >= 11 is 0.527. The monoisotopic (exact) mass is 299 g/mol. The molecule has 0 saturated carbocycles. The smallest absolute Gasteiger partial charge is 0.387 e. The Bertz CT molecular complexity index is 598. The number of halogens is 3. The third kappa shape index (κ3) is 2.45. The molecule has 1 aromatic heterocycles. The Hall–Kier alpha value is -1.40. The van der Waals surface area contributed by atoms with Gasteiger partial charge in [0.15, 0.2) is 5.01 Å². The molecule has 1 aromatic carbocycles. The van der Waals surface area contributed by atoms with Gasteiger partial charge in [-0.1, -0.05) is 24.3 Å². The van der Waals surface area contributed by atoms with E-state index in [2.05, 4.69) is 4.98 Å². The summed E-state index contributed by atoms with van der Waals surface area (Å²) in [5, 5.41) is 9.37. The first-order chi connectivity index (χ1) is 9.45. The van der Waals surface area contributed by atoms with Gasteiger partial charge < -0.3 is 5.11 Å². The molecule has 1 N–H and O–H groups in total. The fourth-order valence-corrected chi connectivity index (χ4v) is 3.47. The zero-order valence-corrected chi connectivity index (χ0v) is 11.2. The van der Waals surface area contributed by atoms with Crippen molar-refractivity contribution in [2.24, 2.45) is 5.92 Å². The van der Waals surface area contributed by atoms with Crippen molar-refractivity contribution in [2.75, 3.05) is 0 Å². The fraction of sp³-hybridized carbons (Fsp3) is 0.357. The summed E-state index contributed by atoms with van der Waals surface area (Å²) in [5.41, 5.74) is 2.33. The third-order valence-electron chi connectivity index (χ3n) is 3.59. The number of nitrogens with zero attached hydrogens (tertiary/aromatic N) is 1. The highest BCUT2D eigenvalue weighted by Crippen LogP contribution is 2.39. The maximum Gasteiger partial charge on any atom is 0.443 e. The van der Waals surface area contributed by atoms with Crippen molar-refractivity contribution in [1.29, 1.82) is 0 Å². The molecule has 0 amide bonds. The van der Waals surface area contributed by atoms with Gasteiger partial charge in [-0.15, -0.1) is 11.3 Å². The first-order valence-electron chi connectivity index (χ1n) is 6.23. The zero-order valence-electron chi connectivity index (χ0n) is 10.4. The van der Waals surface area contributed by atoms with Crippen LogP contribution in [-0.2, 0) is 19.0 Å². The van der Waals surface area contributed by atoms with Crippen LogP contribution >= 0.6 is 11.3 Å². The summed E-state index contributed by atoms with van der Waals surface area (Å²) in [7, 11) is 0. The van der Waals surface area contributed by atoms with Crippen LogP contribution in [0, 0.1) is 5.92 Å². The number of aliphatic hydroxyl groups is 1. The second-order valence-corrected chi connectivity index (χ2v) is 6.01. The lowest BCUT2D eigenvalue weighted by atomic mass is 9.98. The average Bonchev–Trinajstić information content (AvgIpc) is 3.04. The van der Waals surface area contributed by atoms with Crippen molar-refractivity contribution >= 4 is 11.3 Å². The predicted octanol–water partition coefficient (Wildman–Crippen LogP) is 3.61. The van der Waals surface area contributed by atoms with Gasteiger partial charge in [0.1, 0.15) is 0 Å². The molecular weight excluding hydrogens is 287 g/mol. The van der Waals surface area contributed by atoms with Gasteiger partial charge in [0.05, 0.1) is 11.0 Å². The molecule has 1 aliphatic carbocycles. The Balaban J connectivity index is 1.78. The molecule has 106 valence electrons. The van der Waals surface area contributed by atoms with Crippen molar-refractivity contribution in [3.63, 3.8) is 0 Å². The molecule has 0 radical (unpaired) electrons. The van der Waals surface area contributed by atoms with Crippen LogP contribution in [-0.4, -0.2) is 10.1 Å². The fourth-order valence-electron chi connectivity index (χ4n) is 2.60. The molecule has 0 fully saturated rings. The first-order valence-corrected chi connectivity index (χ1v) is 7.04. The van der Waals surface area contributed by atoms with Gasteiger partial charge in [-0.2, -0.15) is 13.2 Å². The number of hydrogen-bond donors (Lipinski definition) is 1. The van der Waals surface area contributed by atoms with E-state index >= 15 is 0 Å². The van der Waals surface area contributed by atoms with E-state index in [4.69, 9.17) is 0 Å². The van der Waals surface area contributed by atoms with E-state index in [0.29, 0.717) is 24.2 Å². The normalized spacial score (nSPS) is 17.2. The van der Waals surface area contributed by atoms with Crippen molar-refractivity contribution in [1.82, 2.24) is 4.98 Å². The second-order valence-electron chi connectivity index (χ2n) is 4.95. The summed E-state index contributed by atoms with van der Waals surface area (Å²) < 4.78 is 37.6. The minimum absolute atomic E-state index is 0.0751. The lowest BCUT2D eigenvalue weighted by Crippen LogP contribution is -2.11. The molecule has 0 bridgehead atoms. The molecule has 2 nitrogen and oxygen atoms in total. The Morgan fingerprint density at radius 1 is 1.20 bits per heavy atom. The van der Waals surface area contributed by atoms with E-state index in [9.17, 15) is 18.3 Å². The van der Waals surface area contributed by atoms with Gasteiger partial charge in [0.25, 0.3) is 0 Å². The molecular formula is C14H12F3NOS. The number of hydrogen-bond acceptors (Lipinski definition) is 3. The van der Waals surface area contributed by atoms with Crippen LogP contribution < -0.4 is 0 Å². The molecule has 6 heteroatoms. The van der Waals surface area contributed by atoms with E-state index in [1.165, 1.54) is 0 Å². The van der Waals surface area contributed by atoms with E-state index < -0.39 is 17.3 Å². The summed E-state index contributed by atoms with van der Waals surface area (Å²) in [5.74, 6) is -0.0751. The molecule has 2 aromatic rings. The van der Waals surface area contributed by atoms with Gasteiger partial charge in [-0.3, -0.25) is 0 Å². The van der Waals surface area contributed by atoms with Crippen molar-refractivity contribution in [2.45, 2.75) is 25.1 Å². The van der Waals surface area contributed by atoms with Crippen LogP contribution in [0.15, 0.2) is 30.5 Å². The summed E-state index contributed by atoms with van der Waals surface area (Å²) in [4.78, 5) is 3.65. The van der Waals surface area contributed by atoms with Crippen LogP contribution in [0.2, 0.25) is 0 Å². The van der Waals surface area contributed by atoms with Crippen LogP contribution in [0.5, 0.6) is 0 Å². The maximum absolute atomic E-state index is 12.5. The average molecular weight is 299 g/mol. The summed E-state index contributed by atoms with van der Waals surface area (Å²) in [6.07, 6.45) is -2.81. The maximum atomic E-state index is 12.5. The highest BCUT2D eigenvalue weighted by Gasteiger charge is 2.36. The van der Waals surface area contributed by atoms with Gasteiger partial charge in [-0.05, 0) is 29.9 Å². The second kappa shape index (κ2) is 4.86. The molecule has 1 unspecified atom stereocenters. The number of aliphatic hydroxyl groups excluding tert-OH is 1. The molecule has 0 aliphatic heterocycles. The Morgan fingerprint density at radius 2 is 1.80 bits per heavy atom. The lowest BCUT2D eigenvalue weighted by molar-refractivity contribution is -0.137. The van der Waals surface area contributed by atoms with Crippen LogP contribution in [0.1, 0.15) is 27.1 Å². The van der Waals surface area contributed by atoms with E-state index in [1.807, 2.05) is 24.3 Å². The standard InChI is InChI=1S/C14H12F3NOS/c15-14(16,17)13-18-7-11(20-13)12(19)10-5-8-3-1-2-4-9(8)6-10/h1-4,7,10,12,19H,5-6H2. The number of fused-ring (bicyclic) bond motifs is 1. The molecule has 20 heavy (non-hydrogen) atoms. The summed E-state index contributed by atoms with van der Waals surface area (Å²) in [6.45, 7) is 0. The van der Waals surface area contributed by atoms with Crippen molar-refractivity contribution in [3.8, 4) is 0 Å². The van der Waals surface area contributed by atoms with Gasteiger partial charge in [0, 0.05) is 6.20 Å². The van der Waals surface area contributed by atoms with Gasteiger partial charge in [0.2, 0.25) is 0 Å². The van der Waals surface area contributed by atoms with Crippen LogP contribution in [0.3, 0.4) is 0 Å². The largest absolute Gasteiger partial charge is 0.443 e. The molecule has 0 saturated heterocycles. The third-order valence-corrected chi connectivity index (χ3v) is 4.70. The molecule has 3 rings (SSSR count). The van der Waals surface area contributed by atoms with Crippen molar-refractivity contribution < 1.29 is 18.3 Å². The lowest BCUT2D eigenvalue weighted by Gasteiger charge is -2.15. The molecule has 1 atom stereocenters. The Labute approximate surface area is 117 Å². The molecule has 1 heterocycles. The van der Waals surface area contributed by atoms with Crippen LogP contribution in [0.25, 0.3) is 0 Å². The first kappa shape index (κ1) is 13.6. The molecule has 1 aliphatic rings. The Kier molecular flexibility index (Phi) is 3.30. The highest BCUT2D eigenvalue weighted by molar-refractivity contribution is 7.11. The predicted molar refractivity (Wildman–Crippen MR) is 69.4 cm³/mol. The van der Waals surface area contributed by atoms with Gasteiger partial charge in [-0.25, -0.2) is 4.98 Å². The van der Waals surface area contributed by atoms with Crippen LogP contribution in [0.4, 0.5) is 13.2 Å². The minimum Gasteiger partial charge on any atom is -0.387 e. The Morgan fingerprint density at radius 3 is 2.30 bits per heavy atom. The quantitative estimate of drug-likeness (QED) is 0.919. The SMILES string of the molecule is OC(c1cnc(C(F)(F)F)s1)C1Cc2ccccc2C1. The summed E-state index contributed by atoms with van der Waals surface area (Å²) in [6, 6.07) is 7.86. The topological polar surface area (TPSA) is 33.1 Å².